The molecule has 6 heteroatoms. The van der Waals surface area contributed by atoms with E-state index in [2.05, 4.69) is 10.6 Å². The first-order valence-corrected chi connectivity index (χ1v) is 12.2. The maximum Gasteiger partial charge on any atom is 0.246 e. The van der Waals surface area contributed by atoms with E-state index in [0.717, 1.165) is 35.5 Å². The second kappa shape index (κ2) is 11.7. The smallest absolute Gasteiger partial charge is 0.246 e. The van der Waals surface area contributed by atoms with Crippen molar-refractivity contribution in [2.75, 3.05) is 13.6 Å². The number of rotatable bonds is 9. The topological polar surface area (TPSA) is 70.7 Å². The molecule has 0 aromatic heterocycles. The van der Waals surface area contributed by atoms with E-state index in [1.165, 1.54) is 0 Å². The van der Waals surface area contributed by atoms with E-state index < -0.39 is 6.04 Å². The first kappa shape index (κ1) is 24.5. The van der Waals surface area contributed by atoms with Gasteiger partial charge in [-0.25, -0.2) is 0 Å². The number of carbonyl (C=O) groups is 2. The fourth-order valence-electron chi connectivity index (χ4n) is 4.46. The second-order valence-electron chi connectivity index (χ2n) is 8.94. The van der Waals surface area contributed by atoms with Gasteiger partial charge in [-0.3, -0.25) is 9.59 Å². The zero-order valence-corrected chi connectivity index (χ0v) is 20.3. The van der Waals surface area contributed by atoms with Crippen molar-refractivity contribution >= 4 is 11.8 Å². The van der Waals surface area contributed by atoms with Crippen molar-refractivity contribution in [3.63, 3.8) is 0 Å². The molecule has 6 nitrogen and oxygen atoms in total. The van der Waals surface area contributed by atoms with E-state index in [1.54, 1.807) is 14.0 Å². The molecule has 1 aliphatic heterocycles. The summed E-state index contributed by atoms with van der Waals surface area (Å²) in [5.74, 6) is 1.27. The van der Waals surface area contributed by atoms with Crippen LogP contribution in [0.5, 0.6) is 11.5 Å². The quantitative estimate of drug-likeness (QED) is 0.483. The number of hydrogen-bond donors (Lipinski definition) is 2. The number of carbonyl (C=O) groups excluding carboxylic acids is 2. The minimum Gasteiger partial charge on any atom is -0.457 e. The van der Waals surface area contributed by atoms with Crippen LogP contribution in [0.25, 0.3) is 0 Å². The molecule has 0 spiro atoms. The van der Waals surface area contributed by atoms with Gasteiger partial charge in [0, 0.05) is 13.0 Å². The van der Waals surface area contributed by atoms with E-state index in [0.29, 0.717) is 13.0 Å². The summed E-state index contributed by atoms with van der Waals surface area (Å²) >= 11 is 0. The lowest BCUT2D eigenvalue weighted by molar-refractivity contribution is -0.137. The van der Waals surface area contributed by atoms with Gasteiger partial charge in [0.05, 0.1) is 12.1 Å². The van der Waals surface area contributed by atoms with Crippen LogP contribution in [0.15, 0.2) is 84.9 Å². The number of ether oxygens (including phenoxy) is 1. The maximum absolute atomic E-state index is 13.8. The van der Waals surface area contributed by atoms with Crippen LogP contribution in [0.3, 0.4) is 0 Å². The number of nitrogens with one attached hydrogen (secondary N) is 2. The van der Waals surface area contributed by atoms with Gasteiger partial charge in [0.2, 0.25) is 11.8 Å². The van der Waals surface area contributed by atoms with Crippen molar-refractivity contribution in [3.05, 3.63) is 96.1 Å². The van der Waals surface area contributed by atoms with E-state index in [9.17, 15) is 9.59 Å². The van der Waals surface area contributed by atoms with Gasteiger partial charge in [-0.15, -0.1) is 0 Å². The van der Waals surface area contributed by atoms with Crippen molar-refractivity contribution in [2.45, 2.75) is 44.3 Å². The van der Waals surface area contributed by atoms with Crippen LogP contribution in [-0.4, -0.2) is 42.4 Å². The molecule has 0 saturated carbocycles. The highest BCUT2D eigenvalue weighted by atomic mass is 16.5. The molecule has 4 rings (SSSR count). The zero-order chi connectivity index (χ0) is 24.6. The number of hydrogen-bond acceptors (Lipinski definition) is 4. The normalized spacial score (nSPS) is 17.0. The summed E-state index contributed by atoms with van der Waals surface area (Å²) in [5.41, 5.74) is 2.05. The highest BCUT2D eigenvalue weighted by Crippen LogP contribution is 2.35. The van der Waals surface area contributed by atoms with Crippen molar-refractivity contribution < 1.29 is 14.3 Å². The predicted octanol–water partition coefficient (Wildman–Crippen LogP) is 4.48. The van der Waals surface area contributed by atoms with Crippen LogP contribution < -0.4 is 15.4 Å². The highest BCUT2D eigenvalue weighted by molar-refractivity contribution is 5.90. The molecule has 2 amide bonds. The van der Waals surface area contributed by atoms with Gasteiger partial charge in [0.1, 0.15) is 17.5 Å². The Morgan fingerprint density at radius 3 is 2.37 bits per heavy atom. The summed E-state index contributed by atoms with van der Waals surface area (Å²) in [4.78, 5) is 28.4. The van der Waals surface area contributed by atoms with Crippen LogP contribution in [0.2, 0.25) is 0 Å². The van der Waals surface area contributed by atoms with Crippen molar-refractivity contribution in [1.29, 1.82) is 0 Å². The Morgan fingerprint density at radius 2 is 1.66 bits per heavy atom. The molecular formula is C29H33N3O3. The Hall–Kier alpha value is -3.64. The molecule has 182 valence electrons. The third-order valence-corrected chi connectivity index (χ3v) is 6.48. The van der Waals surface area contributed by atoms with Gasteiger partial charge in [-0.1, -0.05) is 60.7 Å². The number of amides is 2. The minimum absolute atomic E-state index is 0.0533. The molecule has 2 N–H and O–H groups in total. The fourth-order valence-corrected chi connectivity index (χ4v) is 4.46. The average Bonchev–Trinajstić information content (AvgIpc) is 3.39. The Balaban J connectivity index is 1.54. The molecule has 0 bridgehead atoms. The lowest BCUT2D eigenvalue weighted by Gasteiger charge is -2.30. The molecule has 3 atom stereocenters. The third-order valence-electron chi connectivity index (χ3n) is 6.48. The van der Waals surface area contributed by atoms with Crippen LogP contribution >= 0.6 is 0 Å². The monoisotopic (exact) mass is 471 g/mol. The lowest BCUT2D eigenvalue weighted by Crippen LogP contribution is -2.53. The van der Waals surface area contributed by atoms with E-state index >= 15 is 0 Å². The van der Waals surface area contributed by atoms with Gasteiger partial charge in [-0.05, 0) is 62.2 Å². The van der Waals surface area contributed by atoms with Crippen LogP contribution in [0.4, 0.5) is 0 Å². The molecule has 0 aliphatic carbocycles. The van der Waals surface area contributed by atoms with Gasteiger partial charge in [0.15, 0.2) is 0 Å². The molecule has 35 heavy (non-hydrogen) atoms. The van der Waals surface area contributed by atoms with E-state index in [4.69, 9.17) is 4.74 Å². The Labute approximate surface area is 207 Å². The summed E-state index contributed by atoms with van der Waals surface area (Å²) in [7, 11) is 1.74. The third kappa shape index (κ3) is 6.28. The number of likely N-dealkylation sites (N-methyl/N-ethyl adjacent to an activating group) is 1. The standard InChI is InChI=1S/C29H33N3O3/c1-21(30-2)28(33)31-26(19-22-11-5-3-6-12-22)29(34)32-18-10-17-27(32)23-13-9-16-25(20-23)35-24-14-7-4-8-15-24/h3-9,11-16,20-21,26-27,30H,10,17-19H2,1-2H3,(H,31,33)/t21-,26-,27-/m0/s1. The van der Waals surface area contributed by atoms with Gasteiger partial charge in [0.25, 0.3) is 0 Å². The summed E-state index contributed by atoms with van der Waals surface area (Å²) < 4.78 is 6.02. The van der Waals surface area contributed by atoms with Crippen LogP contribution in [-0.2, 0) is 16.0 Å². The molecule has 1 saturated heterocycles. The lowest BCUT2D eigenvalue weighted by atomic mass is 10.0. The molecule has 1 fully saturated rings. The first-order chi connectivity index (χ1) is 17.0. The summed E-state index contributed by atoms with van der Waals surface area (Å²) in [6, 6.07) is 26.3. The van der Waals surface area contributed by atoms with E-state index in [-0.39, 0.29) is 23.9 Å². The predicted molar refractivity (Wildman–Crippen MR) is 137 cm³/mol. The molecule has 1 aliphatic rings. The Morgan fingerprint density at radius 1 is 0.971 bits per heavy atom. The van der Waals surface area contributed by atoms with Crippen molar-refractivity contribution in [2.24, 2.45) is 0 Å². The second-order valence-corrected chi connectivity index (χ2v) is 8.94. The summed E-state index contributed by atoms with van der Waals surface area (Å²) in [6.45, 7) is 2.45. The number of para-hydroxylation sites is 1. The van der Waals surface area contributed by atoms with E-state index in [1.807, 2.05) is 89.8 Å². The molecular weight excluding hydrogens is 438 g/mol. The van der Waals surface area contributed by atoms with Gasteiger partial charge >= 0.3 is 0 Å². The van der Waals surface area contributed by atoms with Crippen LogP contribution in [0.1, 0.15) is 36.9 Å². The van der Waals surface area contributed by atoms with Crippen molar-refractivity contribution in [3.8, 4) is 11.5 Å². The highest BCUT2D eigenvalue weighted by Gasteiger charge is 2.35. The number of benzene rings is 3. The van der Waals surface area contributed by atoms with Gasteiger partial charge in [-0.2, -0.15) is 0 Å². The molecule has 3 aromatic rings. The Kier molecular flexibility index (Phi) is 8.16. The zero-order valence-electron chi connectivity index (χ0n) is 20.3. The fraction of sp³-hybridized carbons (Fsp3) is 0.310. The largest absolute Gasteiger partial charge is 0.457 e. The Bertz CT molecular complexity index is 1120. The number of nitrogens with zero attached hydrogens (tertiary/aromatic N) is 1. The minimum atomic E-state index is -0.634. The average molecular weight is 472 g/mol. The molecule has 0 unspecified atom stereocenters. The number of likely N-dealkylation sites (tertiary alicyclic amines) is 1. The molecule has 1 heterocycles. The van der Waals surface area contributed by atoms with Crippen LogP contribution in [0, 0.1) is 0 Å². The van der Waals surface area contributed by atoms with Gasteiger partial charge < -0.3 is 20.3 Å². The summed E-state index contributed by atoms with van der Waals surface area (Å²) in [6.07, 6.45) is 2.24. The molecule has 3 aromatic carbocycles. The maximum atomic E-state index is 13.8. The molecule has 0 radical (unpaired) electrons. The summed E-state index contributed by atoms with van der Waals surface area (Å²) in [5, 5.41) is 5.94. The van der Waals surface area contributed by atoms with Crippen molar-refractivity contribution in [1.82, 2.24) is 15.5 Å². The SMILES string of the molecule is CN[C@@H](C)C(=O)N[C@@H](Cc1ccccc1)C(=O)N1CCC[C@H]1c1cccc(Oc2ccccc2)c1. The first-order valence-electron chi connectivity index (χ1n) is 12.2.